The Morgan fingerprint density at radius 3 is 2.58 bits per heavy atom. The molecule has 0 spiro atoms. The molecular weight excluding hydrogens is 408 g/mol. The third kappa shape index (κ3) is 3.53. The van der Waals surface area contributed by atoms with Gasteiger partial charge >= 0.3 is 0 Å². The third-order valence-corrected chi connectivity index (χ3v) is 5.64. The summed E-state index contributed by atoms with van der Waals surface area (Å²) >= 11 is 6.03. The first-order chi connectivity index (χ1) is 15.1. The molecule has 2 aromatic carbocycles. The number of anilines is 1. The number of rotatable bonds is 4. The Hall–Kier alpha value is -3.70. The Morgan fingerprint density at radius 1 is 0.968 bits per heavy atom. The second-order valence-electron chi connectivity index (χ2n) is 7.37. The number of halogens is 1. The summed E-state index contributed by atoms with van der Waals surface area (Å²) in [5.74, 6) is 0.561. The van der Waals surface area contributed by atoms with E-state index in [4.69, 9.17) is 11.6 Å². The first-order valence-electron chi connectivity index (χ1n) is 9.95. The van der Waals surface area contributed by atoms with Crippen LogP contribution in [-0.2, 0) is 6.54 Å². The predicted octanol–water partition coefficient (Wildman–Crippen LogP) is 5.51. The maximum Gasteiger partial charge on any atom is 0.266 e. The highest BCUT2D eigenvalue weighted by atomic mass is 35.5. The van der Waals surface area contributed by atoms with Crippen molar-refractivity contribution in [1.29, 1.82) is 0 Å². The van der Waals surface area contributed by atoms with E-state index in [2.05, 4.69) is 15.3 Å². The van der Waals surface area contributed by atoms with Gasteiger partial charge in [0.15, 0.2) is 0 Å². The molecule has 3 heterocycles. The van der Waals surface area contributed by atoms with E-state index in [0.29, 0.717) is 22.8 Å². The highest BCUT2D eigenvalue weighted by Crippen LogP contribution is 2.23. The molecule has 0 atom stereocenters. The summed E-state index contributed by atoms with van der Waals surface area (Å²) in [7, 11) is 0. The summed E-state index contributed by atoms with van der Waals surface area (Å²) in [6.45, 7) is 2.45. The molecule has 6 heteroatoms. The van der Waals surface area contributed by atoms with Gasteiger partial charge in [0.05, 0.1) is 10.9 Å². The third-order valence-electron chi connectivity index (χ3n) is 5.39. The number of pyridine rings is 3. The van der Waals surface area contributed by atoms with Crippen LogP contribution in [0.15, 0.2) is 83.9 Å². The number of benzene rings is 2. The Balaban J connectivity index is 1.60. The largest absolute Gasteiger partial charge is 0.365 e. The van der Waals surface area contributed by atoms with E-state index in [1.165, 1.54) is 0 Å². The lowest BCUT2D eigenvalue weighted by molar-refractivity contribution is 0.948. The van der Waals surface area contributed by atoms with Gasteiger partial charge in [0.1, 0.15) is 5.82 Å². The standard InChI is InChI=1S/C25H19ClN4O/c1-16-14-17-10-13-28-24(23(17)25(31)30(16)20-8-6-19(26)7-9-20)29-15-18-11-12-27-22-5-3-2-4-21(18)22/h2-14H,15H2,1H3,(H,28,29). The number of para-hydroxylation sites is 1. The number of aromatic nitrogens is 3. The highest BCUT2D eigenvalue weighted by molar-refractivity contribution is 6.30. The first kappa shape index (κ1) is 19.3. The van der Waals surface area contributed by atoms with Gasteiger partial charge in [0.2, 0.25) is 0 Å². The number of hydrogen-bond donors (Lipinski definition) is 1. The SMILES string of the molecule is Cc1cc2ccnc(NCc3ccnc4ccccc34)c2c(=O)n1-c1ccc(Cl)cc1. The van der Waals surface area contributed by atoms with Crippen LogP contribution in [0.1, 0.15) is 11.3 Å². The number of hydrogen-bond acceptors (Lipinski definition) is 4. The van der Waals surface area contributed by atoms with Gasteiger partial charge in [-0.05, 0) is 66.4 Å². The second-order valence-corrected chi connectivity index (χ2v) is 7.80. The molecule has 5 aromatic rings. The molecule has 0 fully saturated rings. The maximum atomic E-state index is 13.5. The lowest BCUT2D eigenvalue weighted by atomic mass is 10.1. The molecule has 152 valence electrons. The summed E-state index contributed by atoms with van der Waals surface area (Å²) in [5.41, 5.74) is 3.52. The van der Waals surface area contributed by atoms with Gasteiger partial charge in [-0.3, -0.25) is 14.3 Å². The van der Waals surface area contributed by atoms with Crippen molar-refractivity contribution >= 4 is 39.1 Å². The van der Waals surface area contributed by atoms with Crippen molar-refractivity contribution in [3.8, 4) is 5.69 Å². The van der Waals surface area contributed by atoms with Crippen LogP contribution >= 0.6 is 11.6 Å². The molecule has 1 N–H and O–H groups in total. The van der Waals surface area contributed by atoms with Crippen LogP contribution in [0, 0.1) is 6.92 Å². The van der Waals surface area contributed by atoms with Crippen LogP contribution in [0.3, 0.4) is 0 Å². The van der Waals surface area contributed by atoms with Gasteiger partial charge in [0, 0.05) is 40.7 Å². The predicted molar refractivity (Wildman–Crippen MR) is 126 cm³/mol. The zero-order valence-corrected chi connectivity index (χ0v) is 17.6. The van der Waals surface area contributed by atoms with E-state index in [-0.39, 0.29) is 5.56 Å². The molecule has 0 radical (unpaired) electrons. The second kappa shape index (κ2) is 7.85. The molecule has 0 aliphatic carbocycles. The molecule has 0 unspecified atom stereocenters. The minimum atomic E-state index is -0.118. The maximum absolute atomic E-state index is 13.5. The van der Waals surface area contributed by atoms with Crippen molar-refractivity contribution in [3.05, 3.63) is 106 Å². The van der Waals surface area contributed by atoms with E-state index in [9.17, 15) is 4.79 Å². The van der Waals surface area contributed by atoms with E-state index in [1.807, 2.05) is 61.5 Å². The Morgan fingerprint density at radius 2 is 1.74 bits per heavy atom. The van der Waals surface area contributed by atoms with Gasteiger partial charge in [0.25, 0.3) is 5.56 Å². The van der Waals surface area contributed by atoms with Crippen LogP contribution in [0.4, 0.5) is 5.82 Å². The number of aryl methyl sites for hydroxylation is 1. The van der Waals surface area contributed by atoms with Crippen molar-refractivity contribution in [2.75, 3.05) is 5.32 Å². The van der Waals surface area contributed by atoms with Crippen molar-refractivity contribution in [3.63, 3.8) is 0 Å². The monoisotopic (exact) mass is 426 g/mol. The van der Waals surface area contributed by atoms with Crippen LogP contribution in [0.25, 0.3) is 27.4 Å². The molecule has 0 aliphatic rings. The molecule has 31 heavy (non-hydrogen) atoms. The Bertz CT molecular complexity index is 1470. The fourth-order valence-electron chi connectivity index (χ4n) is 3.92. The fourth-order valence-corrected chi connectivity index (χ4v) is 4.04. The van der Waals surface area contributed by atoms with Crippen molar-refractivity contribution in [1.82, 2.24) is 14.5 Å². The summed E-state index contributed by atoms with van der Waals surface area (Å²) < 4.78 is 1.69. The average Bonchev–Trinajstić information content (AvgIpc) is 2.78. The number of fused-ring (bicyclic) bond motifs is 2. The molecule has 0 bridgehead atoms. The van der Waals surface area contributed by atoms with Gasteiger partial charge in [-0.15, -0.1) is 0 Å². The van der Waals surface area contributed by atoms with Crippen LogP contribution in [-0.4, -0.2) is 14.5 Å². The zero-order valence-electron chi connectivity index (χ0n) is 16.8. The number of nitrogens with one attached hydrogen (secondary N) is 1. The van der Waals surface area contributed by atoms with E-state index < -0.39 is 0 Å². The summed E-state index contributed by atoms with van der Waals surface area (Å²) in [6.07, 6.45) is 3.52. The Kier molecular flexibility index (Phi) is 4.88. The number of nitrogens with zero attached hydrogens (tertiary/aromatic N) is 3. The summed E-state index contributed by atoms with van der Waals surface area (Å²) in [6, 6.07) is 21.1. The molecule has 5 nitrogen and oxygen atoms in total. The van der Waals surface area contributed by atoms with E-state index in [0.717, 1.165) is 33.2 Å². The molecule has 0 aliphatic heterocycles. The van der Waals surface area contributed by atoms with Gasteiger partial charge in [-0.2, -0.15) is 0 Å². The normalized spacial score (nSPS) is 11.2. The fraction of sp³-hybridized carbons (Fsp3) is 0.0800. The summed E-state index contributed by atoms with van der Waals surface area (Å²) in [5, 5.41) is 6.48. The van der Waals surface area contributed by atoms with Crippen LogP contribution in [0.2, 0.25) is 5.02 Å². The van der Waals surface area contributed by atoms with Crippen molar-refractivity contribution < 1.29 is 0 Å². The quantitative estimate of drug-likeness (QED) is 0.411. The van der Waals surface area contributed by atoms with Gasteiger partial charge in [-0.25, -0.2) is 4.98 Å². The Labute approximate surface area is 184 Å². The van der Waals surface area contributed by atoms with Gasteiger partial charge in [-0.1, -0.05) is 29.8 Å². The molecule has 5 rings (SSSR count). The van der Waals surface area contributed by atoms with Crippen molar-refractivity contribution in [2.45, 2.75) is 13.5 Å². The van der Waals surface area contributed by atoms with E-state index in [1.54, 1.807) is 29.1 Å². The van der Waals surface area contributed by atoms with Gasteiger partial charge < -0.3 is 5.32 Å². The van der Waals surface area contributed by atoms with Crippen LogP contribution in [0.5, 0.6) is 0 Å². The molecule has 0 saturated heterocycles. The average molecular weight is 427 g/mol. The smallest absolute Gasteiger partial charge is 0.266 e. The lowest BCUT2D eigenvalue weighted by Gasteiger charge is -2.14. The molecule has 0 amide bonds. The topological polar surface area (TPSA) is 59.8 Å². The lowest BCUT2D eigenvalue weighted by Crippen LogP contribution is -2.22. The zero-order chi connectivity index (χ0) is 21.4. The van der Waals surface area contributed by atoms with E-state index >= 15 is 0 Å². The summed E-state index contributed by atoms with van der Waals surface area (Å²) in [4.78, 5) is 22.4. The minimum absolute atomic E-state index is 0.118. The molecule has 3 aromatic heterocycles. The molecule has 0 saturated carbocycles. The first-order valence-corrected chi connectivity index (χ1v) is 10.3. The minimum Gasteiger partial charge on any atom is -0.365 e. The van der Waals surface area contributed by atoms with Crippen molar-refractivity contribution in [2.24, 2.45) is 0 Å². The van der Waals surface area contributed by atoms with Crippen LogP contribution < -0.4 is 10.9 Å². The highest BCUT2D eigenvalue weighted by Gasteiger charge is 2.13. The molecular formula is C25H19ClN4O.